The monoisotopic (exact) mass is 757 g/mol. The van der Waals surface area contributed by atoms with Gasteiger partial charge >= 0.3 is 11.9 Å². The summed E-state index contributed by atoms with van der Waals surface area (Å²) in [5.41, 5.74) is 0. The number of carbonyl (C=O) groups is 2. The Labute approximate surface area is 332 Å². The zero-order valence-corrected chi connectivity index (χ0v) is 35.2. The number of hydrogen-bond donors (Lipinski definition) is 1. The van der Waals surface area contributed by atoms with Crippen LogP contribution in [0.3, 0.4) is 0 Å². The minimum Gasteiger partial charge on any atom is -0.469 e. The van der Waals surface area contributed by atoms with Crippen LogP contribution in [0.4, 0.5) is 0 Å². The first-order chi connectivity index (χ1) is 26.5. The second-order valence-corrected chi connectivity index (χ2v) is 14.4. The van der Waals surface area contributed by atoms with E-state index < -0.39 is 0 Å². The van der Waals surface area contributed by atoms with Crippen molar-refractivity contribution in [1.29, 1.82) is 0 Å². The Bertz CT molecular complexity index is 1040. The molecule has 1 aliphatic rings. The fourth-order valence-corrected chi connectivity index (χ4v) is 5.85. The smallest absolute Gasteiger partial charge is 0.305 e. The summed E-state index contributed by atoms with van der Waals surface area (Å²) >= 11 is 0. The van der Waals surface area contributed by atoms with Crippen LogP contribution in [0.2, 0.25) is 0 Å². The largest absolute Gasteiger partial charge is 0.469 e. The molecule has 1 heterocycles. The van der Waals surface area contributed by atoms with Crippen molar-refractivity contribution in [3.63, 3.8) is 0 Å². The SMILES string of the molecule is CCCC[C@@H](O)/C=C\CCCCCCCC#CCCCC(=O)OC.CCCC[C@H](/C=C\CCCCCCCC#CCCCC(=O)OC)OC1CCCCO1. The molecular weight excluding hydrogens is 677 g/mol. The van der Waals surface area contributed by atoms with E-state index in [9.17, 15) is 14.7 Å². The highest BCUT2D eigenvalue weighted by Crippen LogP contribution is 2.19. The summed E-state index contributed by atoms with van der Waals surface area (Å²) in [4.78, 5) is 21.9. The molecule has 1 rings (SSSR count). The number of aliphatic hydroxyl groups excluding tert-OH is 1. The number of esters is 2. The summed E-state index contributed by atoms with van der Waals surface area (Å²) in [5, 5.41) is 9.67. The van der Waals surface area contributed by atoms with Crippen molar-refractivity contribution in [2.75, 3.05) is 20.8 Å². The molecule has 1 fully saturated rings. The molecule has 0 bridgehead atoms. The van der Waals surface area contributed by atoms with Crippen molar-refractivity contribution < 1.29 is 33.6 Å². The Morgan fingerprint density at radius 1 is 0.648 bits per heavy atom. The molecule has 0 aromatic rings. The van der Waals surface area contributed by atoms with Gasteiger partial charge in [0.2, 0.25) is 0 Å². The van der Waals surface area contributed by atoms with Gasteiger partial charge in [0, 0.05) is 45.1 Å². The molecule has 1 unspecified atom stereocenters. The van der Waals surface area contributed by atoms with Crippen LogP contribution in [-0.2, 0) is 28.5 Å². The fraction of sp³-hybridized carbons (Fsp3) is 0.787. The summed E-state index contributed by atoms with van der Waals surface area (Å²) in [6.45, 7) is 5.22. The number of unbranched alkanes of at least 4 members (excludes halogenated alkanes) is 16. The van der Waals surface area contributed by atoms with Gasteiger partial charge in [-0.15, -0.1) is 23.7 Å². The van der Waals surface area contributed by atoms with Crippen molar-refractivity contribution >= 4 is 11.9 Å². The molecule has 0 aromatic heterocycles. The number of hydrogen-bond acceptors (Lipinski definition) is 7. The van der Waals surface area contributed by atoms with Gasteiger partial charge in [-0.3, -0.25) is 9.59 Å². The average Bonchev–Trinajstić information content (AvgIpc) is 3.19. The predicted octanol–water partition coefficient (Wildman–Crippen LogP) is 11.9. The van der Waals surface area contributed by atoms with E-state index in [1.165, 1.54) is 97.7 Å². The van der Waals surface area contributed by atoms with Crippen LogP contribution in [0.1, 0.15) is 200 Å². The van der Waals surface area contributed by atoms with Crippen LogP contribution >= 0.6 is 0 Å². The van der Waals surface area contributed by atoms with Crippen molar-refractivity contribution in [2.45, 2.75) is 219 Å². The normalized spacial score (nSPS) is 15.0. The quantitative estimate of drug-likeness (QED) is 0.0338. The molecule has 3 atom stereocenters. The van der Waals surface area contributed by atoms with Gasteiger partial charge in [0.15, 0.2) is 6.29 Å². The first-order valence-corrected chi connectivity index (χ1v) is 21.8. The molecule has 0 amide bonds. The van der Waals surface area contributed by atoms with E-state index in [1.807, 2.05) is 6.08 Å². The average molecular weight is 757 g/mol. The molecule has 0 spiro atoms. The third kappa shape index (κ3) is 37.7. The van der Waals surface area contributed by atoms with Crippen LogP contribution in [0.5, 0.6) is 0 Å². The lowest BCUT2D eigenvalue weighted by Gasteiger charge is -2.26. The lowest BCUT2D eigenvalue weighted by molar-refractivity contribution is -0.179. The van der Waals surface area contributed by atoms with Crippen LogP contribution < -0.4 is 0 Å². The number of allylic oxidation sites excluding steroid dienone is 2. The van der Waals surface area contributed by atoms with Gasteiger partial charge < -0.3 is 24.1 Å². The van der Waals surface area contributed by atoms with E-state index >= 15 is 0 Å². The minimum atomic E-state index is -0.254. The number of rotatable bonds is 30. The maximum atomic E-state index is 11.0. The Balaban J connectivity index is 0.00000107. The van der Waals surface area contributed by atoms with Crippen molar-refractivity contribution in [1.82, 2.24) is 0 Å². The van der Waals surface area contributed by atoms with Crippen LogP contribution in [0.25, 0.3) is 0 Å². The van der Waals surface area contributed by atoms with Gasteiger partial charge in [0.1, 0.15) is 0 Å². The number of methoxy groups -OCH3 is 2. The highest BCUT2D eigenvalue weighted by molar-refractivity contribution is 5.69. The number of aliphatic hydroxyl groups is 1. The zero-order chi connectivity index (χ0) is 39.6. The number of carbonyl (C=O) groups excluding carboxylic acids is 2. The van der Waals surface area contributed by atoms with E-state index in [1.54, 1.807) is 0 Å². The lowest BCUT2D eigenvalue weighted by atomic mass is 10.1. The summed E-state index contributed by atoms with van der Waals surface area (Å²) in [7, 11) is 2.85. The molecular formula is C47H80O7. The van der Waals surface area contributed by atoms with E-state index in [4.69, 9.17) is 9.47 Å². The Hall–Kier alpha value is -2.58. The minimum absolute atomic E-state index is 0.00111. The van der Waals surface area contributed by atoms with E-state index in [-0.39, 0.29) is 30.4 Å². The van der Waals surface area contributed by atoms with Gasteiger partial charge in [-0.2, -0.15) is 0 Å². The molecule has 0 radical (unpaired) electrons. The molecule has 54 heavy (non-hydrogen) atoms. The molecule has 0 aromatic carbocycles. The zero-order valence-electron chi connectivity index (χ0n) is 35.2. The van der Waals surface area contributed by atoms with Crippen molar-refractivity contribution in [2.24, 2.45) is 0 Å². The molecule has 7 heteroatoms. The maximum absolute atomic E-state index is 11.0. The first-order valence-electron chi connectivity index (χ1n) is 21.8. The Morgan fingerprint density at radius 2 is 1.13 bits per heavy atom. The van der Waals surface area contributed by atoms with Crippen LogP contribution in [0, 0.1) is 23.7 Å². The highest BCUT2D eigenvalue weighted by Gasteiger charge is 2.18. The third-order valence-corrected chi connectivity index (χ3v) is 9.28. The molecule has 1 N–H and O–H groups in total. The van der Waals surface area contributed by atoms with Gasteiger partial charge in [-0.1, -0.05) is 102 Å². The van der Waals surface area contributed by atoms with Crippen molar-refractivity contribution in [3.8, 4) is 23.7 Å². The van der Waals surface area contributed by atoms with Gasteiger partial charge in [0.25, 0.3) is 0 Å². The Morgan fingerprint density at radius 3 is 1.63 bits per heavy atom. The van der Waals surface area contributed by atoms with E-state index in [0.717, 1.165) is 96.5 Å². The van der Waals surface area contributed by atoms with Crippen LogP contribution in [-0.4, -0.2) is 56.4 Å². The Kier molecular flexibility index (Phi) is 39.6. The third-order valence-electron chi connectivity index (χ3n) is 9.28. The topological polar surface area (TPSA) is 91.3 Å². The molecule has 0 saturated carbocycles. The van der Waals surface area contributed by atoms with Gasteiger partial charge in [0.05, 0.1) is 26.4 Å². The number of ether oxygens (including phenoxy) is 4. The lowest BCUT2D eigenvalue weighted by Crippen LogP contribution is -2.27. The standard InChI is InChI=1S/C26H44O4.C21H36O3/c1-3-4-19-24(30-26-22-17-18-23-29-26)20-15-13-11-9-7-5-6-8-10-12-14-16-21-25(27)28-2;1-3-4-17-20(22)18-15-13-11-9-7-5-6-8-10-12-14-16-19-21(23)24-2/h15,20,24,26H,3-9,11,13-14,16-19,21-23H2,1-2H3;15,18,20,22H,3-9,11,13-14,16-17,19H2,1-2H3/b20-15-;18-15-/t24-,26?;20-/m11/s1. The summed E-state index contributed by atoms with van der Waals surface area (Å²) in [6, 6.07) is 0. The van der Waals surface area contributed by atoms with Crippen LogP contribution in [0.15, 0.2) is 24.3 Å². The van der Waals surface area contributed by atoms with Gasteiger partial charge in [-0.05, 0) is 83.5 Å². The highest BCUT2D eigenvalue weighted by atomic mass is 16.7. The van der Waals surface area contributed by atoms with E-state index in [0.29, 0.717) is 12.8 Å². The van der Waals surface area contributed by atoms with E-state index in [2.05, 4.69) is 65.2 Å². The fourth-order valence-electron chi connectivity index (χ4n) is 5.85. The summed E-state index contributed by atoms with van der Waals surface area (Å²) in [5.74, 6) is 12.4. The molecule has 0 aliphatic carbocycles. The molecule has 1 aliphatic heterocycles. The summed E-state index contributed by atoms with van der Waals surface area (Å²) < 4.78 is 21.1. The first kappa shape index (κ1) is 51.4. The maximum Gasteiger partial charge on any atom is 0.305 e. The second kappa shape index (κ2) is 41.6. The predicted molar refractivity (Wildman–Crippen MR) is 224 cm³/mol. The molecule has 7 nitrogen and oxygen atoms in total. The second-order valence-electron chi connectivity index (χ2n) is 14.4. The van der Waals surface area contributed by atoms with Gasteiger partial charge in [-0.25, -0.2) is 0 Å². The molecule has 310 valence electrons. The summed E-state index contributed by atoms with van der Waals surface area (Å²) in [6.07, 6.45) is 39.2. The van der Waals surface area contributed by atoms with Crippen molar-refractivity contribution in [3.05, 3.63) is 24.3 Å². The molecule has 1 saturated heterocycles.